The fourth-order valence-electron chi connectivity index (χ4n) is 9.49. The van der Waals surface area contributed by atoms with Gasteiger partial charge in [-0.1, -0.05) is 158 Å². The van der Waals surface area contributed by atoms with Crippen molar-refractivity contribution in [2.45, 2.75) is 0 Å². The monoisotopic (exact) mass is 710 g/mol. The molecule has 0 saturated carbocycles. The summed E-state index contributed by atoms with van der Waals surface area (Å²) >= 11 is 0. The lowest BCUT2D eigenvalue weighted by Crippen LogP contribution is -1.97. The van der Waals surface area contributed by atoms with E-state index < -0.39 is 0 Å². The zero-order valence-electron chi connectivity index (χ0n) is 30.5. The SMILES string of the molecule is c1ccc(-c2cccc(-c3cccc(-n4c5cccc6c7ccccc7c7cccc8c7c7c(c65)c4c(-c4ccccc4)cc7n8-c4ccccc4)c3)c2)cc1. The van der Waals surface area contributed by atoms with Crippen LogP contribution in [0.15, 0.2) is 206 Å². The Morgan fingerprint density at radius 3 is 1.39 bits per heavy atom. The van der Waals surface area contributed by atoms with Crippen LogP contribution in [-0.2, 0) is 0 Å². The van der Waals surface area contributed by atoms with Gasteiger partial charge in [0, 0.05) is 38.5 Å². The molecule has 0 atom stereocenters. The minimum atomic E-state index is 1.14. The summed E-state index contributed by atoms with van der Waals surface area (Å²) < 4.78 is 5.03. The van der Waals surface area contributed by atoms with Gasteiger partial charge in [-0.3, -0.25) is 0 Å². The van der Waals surface area contributed by atoms with Crippen molar-refractivity contribution < 1.29 is 0 Å². The zero-order valence-corrected chi connectivity index (χ0v) is 30.5. The van der Waals surface area contributed by atoms with Crippen LogP contribution >= 0.6 is 0 Å². The summed E-state index contributed by atoms with van der Waals surface area (Å²) in [6, 6.07) is 75.7. The largest absolute Gasteiger partial charge is 0.309 e. The maximum atomic E-state index is 2.54. The summed E-state index contributed by atoms with van der Waals surface area (Å²) in [5.41, 5.74) is 14.4. The van der Waals surface area contributed by atoms with Crippen LogP contribution in [0.2, 0.25) is 0 Å². The average Bonchev–Trinajstić information content (AvgIpc) is 3.80. The van der Waals surface area contributed by atoms with Crippen molar-refractivity contribution in [1.82, 2.24) is 9.13 Å². The van der Waals surface area contributed by atoms with Gasteiger partial charge in [-0.15, -0.1) is 0 Å². The molecule has 0 saturated heterocycles. The van der Waals surface area contributed by atoms with Gasteiger partial charge in [-0.25, -0.2) is 0 Å². The quantitative estimate of drug-likeness (QED) is 0.168. The van der Waals surface area contributed by atoms with E-state index >= 15 is 0 Å². The normalized spacial score (nSPS) is 11.9. The van der Waals surface area contributed by atoms with Gasteiger partial charge < -0.3 is 9.13 Å². The number of benzene rings is 9. The third-order valence-electron chi connectivity index (χ3n) is 11.8. The molecule has 0 unspecified atom stereocenters. The molecule has 0 N–H and O–H groups in total. The standard InChI is InChI=1S/C54H34N2/c1-4-16-35(17-5-1)37-20-12-21-38(32-37)39-22-13-25-41(33-39)56-48-31-15-29-45-43-27-11-10-26-42(43)44-28-14-30-47-50(44)52-49(55(47)40-23-8-3-9-24-40)34-46(36-18-6-2-7-19-36)54(56)53(52)51(45)48/h1-34H. The van der Waals surface area contributed by atoms with Gasteiger partial charge in [-0.2, -0.15) is 0 Å². The molecule has 0 fully saturated rings. The highest BCUT2D eigenvalue weighted by Gasteiger charge is 2.27. The van der Waals surface area contributed by atoms with Crippen molar-refractivity contribution >= 4 is 65.2 Å². The van der Waals surface area contributed by atoms with Crippen LogP contribution < -0.4 is 0 Å². The Balaban J connectivity index is 1.29. The highest BCUT2D eigenvalue weighted by atomic mass is 15.0. The smallest absolute Gasteiger partial charge is 0.0627 e. The number of hydrogen-bond acceptors (Lipinski definition) is 0. The Morgan fingerprint density at radius 2 is 0.714 bits per heavy atom. The number of fused-ring (bicyclic) bond motifs is 3. The predicted molar refractivity (Wildman–Crippen MR) is 238 cm³/mol. The van der Waals surface area contributed by atoms with Crippen molar-refractivity contribution in [3.05, 3.63) is 206 Å². The van der Waals surface area contributed by atoms with E-state index in [0.29, 0.717) is 0 Å². The van der Waals surface area contributed by atoms with E-state index in [9.17, 15) is 0 Å². The Bertz CT molecular complexity index is 3440. The molecule has 12 aromatic rings. The highest BCUT2D eigenvalue weighted by Crippen LogP contribution is 2.50. The molecule has 0 amide bonds. The van der Waals surface area contributed by atoms with Crippen molar-refractivity contribution in [2.24, 2.45) is 0 Å². The fraction of sp³-hybridized carbons (Fsp3) is 0. The van der Waals surface area contributed by atoms with E-state index in [1.807, 2.05) is 0 Å². The van der Waals surface area contributed by atoms with Crippen LogP contribution in [0.3, 0.4) is 0 Å². The molecule has 0 aliphatic heterocycles. The maximum absolute atomic E-state index is 2.54. The Kier molecular flexibility index (Phi) is 6.66. The molecule has 260 valence electrons. The van der Waals surface area contributed by atoms with Gasteiger partial charge in [0.25, 0.3) is 0 Å². The molecule has 0 aliphatic carbocycles. The van der Waals surface area contributed by atoms with Gasteiger partial charge >= 0.3 is 0 Å². The average molecular weight is 711 g/mol. The predicted octanol–water partition coefficient (Wildman–Crippen LogP) is 14.6. The van der Waals surface area contributed by atoms with Crippen LogP contribution in [0.5, 0.6) is 0 Å². The molecular formula is C54H34N2. The van der Waals surface area contributed by atoms with Gasteiger partial charge in [0.15, 0.2) is 0 Å². The Hall–Kier alpha value is -7.42. The van der Waals surface area contributed by atoms with Crippen LogP contribution in [-0.4, -0.2) is 9.13 Å². The Labute approximate surface area is 324 Å². The van der Waals surface area contributed by atoms with Gasteiger partial charge in [0.1, 0.15) is 0 Å². The molecule has 2 heterocycles. The van der Waals surface area contributed by atoms with Gasteiger partial charge in [-0.05, 0) is 97.9 Å². The van der Waals surface area contributed by atoms with Crippen molar-refractivity contribution in [3.63, 3.8) is 0 Å². The molecule has 0 bridgehead atoms. The lowest BCUT2D eigenvalue weighted by Gasteiger charge is -2.15. The minimum Gasteiger partial charge on any atom is -0.309 e. The van der Waals surface area contributed by atoms with Crippen LogP contribution in [0, 0.1) is 0 Å². The number of nitrogens with zero attached hydrogens (tertiary/aromatic N) is 2. The van der Waals surface area contributed by atoms with E-state index in [1.165, 1.54) is 98.5 Å². The highest BCUT2D eigenvalue weighted by molar-refractivity contribution is 6.40. The van der Waals surface area contributed by atoms with E-state index in [2.05, 4.69) is 215 Å². The summed E-state index contributed by atoms with van der Waals surface area (Å²) in [4.78, 5) is 0. The molecule has 0 radical (unpaired) electrons. The zero-order chi connectivity index (χ0) is 36.7. The number of para-hydroxylation sites is 1. The van der Waals surface area contributed by atoms with Crippen molar-refractivity contribution in [3.8, 4) is 44.8 Å². The number of aromatic nitrogens is 2. The maximum Gasteiger partial charge on any atom is 0.0627 e. The summed E-state index contributed by atoms with van der Waals surface area (Å²) in [5, 5.41) is 10.2. The lowest BCUT2D eigenvalue weighted by atomic mass is 9.92. The van der Waals surface area contributed by atoms with E-state index in [-0.39, 0.29) is 0 Å². The van der Waals surface area contributed by atoms with Crippen molar-refractivity contribution in [2.75, 3.05) is 0 Å². The molecule has 0 aliphatic rings. The first kappa shape index (κ1) is 31.0. The van der Waals surface area contributed by atoms with Crippen LogP contribution in [0.25, 0.3) is 110 Å². The molecule has 10 aromatic carbocycles. The second kappa shape index (κ2) is 12.0. The molecule has 56 heavy (non-hydrogen) atoms. The first-order chi connectivity index (χ1) is 27.8. The molecule has 12 rings (SSSR count). The fourth-order valence-corrected chi connectivity index (χ4v) is 9.49. The van der Waals surface area contributed by atoms with Gasteiger partial charge in [0.05, 0.1) is 22.1 Å². The lowest BCUT2D eigenvalue weighted by molar-refractivity contribution is 1.17. The summed E-state index contributed by atoms with van der Waals surface area (Å²) in [7, 11) is 0. The van der Waals surface area contributed by atoms with E-state index in [0.717, 1.165) is 11.4 Å². The minimum absolute atomic E-state index is 1.14. The summed E-state index contributed by atoms with van der Waals surface area (Å²) in [6.45, 7) is 0. The molecular weight excluding hydrogens is 677 g/mol. The second-order valence-corrected chi connectivity index (χ2v) is 14.9. The number of hydrogen-bond donors (Lipinski definition) is 0. The van der Waals surface area contributed by atoms with Crippen LogP contribution in [0.4, 0.5) is 0 Å². The van der Waals surface area contributed by atoms with Crippen LogP contribution in [0.1, 0.15) is 0 Å². The van der Waals surface area contributed by atoms with Gasteiger partial charge in [0.2, 0.25) is 0 Å². The first-order valence-electron chi connectivity index (χ1n) is 19.4. The third kappa shape index (κ3) is 4.44. The molecule has 2 nitrogen and oxygen atoms in total. The topological polar surface area (TPSA) is 9.86 Å². The molecule has 2 aromatic heterocycles. The molecule has 2 heteroatoms. The first-order valence-corrected chi connectivity index (χ1v) is 19.4. The molecule has 0 spiro atoms. The second-order valence-electron chi connectivity index (χ2n) is 14.9. The van der Waals surface area contributed by atoms with Crippen molar-refractivity contribution in [1.29, 1.82) is 0 Å². The summed E-state index contributed by atoms with van der Waals surface area (Å²) in [5.74, 6) is 0. The third-order valence-corrected chi connectivity index (χ3v) is 11.8. The number of rotatable bonds is 5. The summed E-state index contributed by atoms with van der Waals surface area (Å²) in [6.07, 6.45) is 0. The van der Waals surface area contributed by atoms with E-state index in [1.54, 1.807) is 0 Å². The Morgan fingerprint density at radius 1 is 0.250 bits per heavy atom. The van der Waals surface area contributed by atoms with E-state index in [4.69, 9.17) is 0 Å².